The lowest BCUT2D eigenvalue weighted by atomic mass is 10.1. The molecule has 1 heterocycles. The number of hydrogen-bond donors (Lipinski definition) is 1. The van der Waals surface area contributed by atoms with E-state index in [1.54, 1.807) is 0 Å². The Kier molecular flexibility index (Phi) is 5.35. The third kappa shape index (κ3) is 5.59. The van der Waals surface area contributed by atoms with Crippen molar-refractivity contribution in [3.05, 3.63) is 5.89 Å². The maximum absolute atomic E-state index is 5.74. The minimum Gasteiger partial charge on any atom is -0.407 e. The van der Waals surface area contributed by atoms with Crippen LogP contribution in [0.3, 0.4) is 0 Å². The first-order valence-corrected chi connectivity index (χ1v) is 7.03. The molecule has 1 rings (SSSR count). The van der Waals surface area contributed by atoms with E-state index in [0.29, 0.717) is 30.4 Å². The molecule has 0 aromatic carbocycles. The summed E-state index contributed by atoms with van der Waals surface area (Å²) in [6, 6.07) is 0.973. The number of hydrogen-bond acceptors (Lipinski definition) is 5. The Hall–Kier alpha value is -1.10. The van der Waals surface area contributed by atoms with Crippen LogP contribution in [0, 0.1) is 5.92 Å². The summed E-state index contributed by atoms with van der Waals surface area (Å²) in [7, 11) is 0. The van der Waals surface area contributed by atoms with Gasteiger partial charge < -0.3 is 14.6 Å². The Morgan fingerprint density at radius 2 is 1.79 bits per heavy atom. The highest BCUT2D eigenvalue weighted by molar-refractivity contribution is 5.25. The van der Waals surface area contributed by atoms with Crippen LogP contribution in [0.1, 0.15) is 54.4 Å². The van der Waals surface area contributed by atoms with Crippen molar-refractivity contribution in [1.82, 2.24) is 15.5 Å². The van der Waals surface area contributed by atoms with Gasteiger partial charge in [0.1, 0.15) is 0 Å². The summed E-state index contributed by atoms with van der Waals surface area (Å²) in [4.78, 5) is 2.15. The lowest BCUT2D eigenvalue weighted by molar-refractivity contribution is 0.377. The Morgan fingerprint density at radius 1 is 1.16 bits per heavy atom. The minimum absolute atomic E-state index is 0.0459. The standard InChI is InChI=1S/C14H28N4O/c1-10(2)9-18(11(3)4)13-17-16-12(19-13)8-15-14(5,6)7/h10-11,15H,8-9H2,1-7H3. The highest BCUT2D eigenvalue weighted by atomic mass is 16.4. The van der Waals surface area contributed by atoms with E-state index in [-0.39, 0.29) is 5.54 Å². The second-order valence-corrected chi connectivity index (χ2v) is 6.72. The van der Waals surface area contributed by atoms with Crippen LogP contribution in [0.5, 0.6) is 0 Å². The number of aromatic nitrogens is 2. The number of rotatable bonds is 6. The fraction of sp³-hybridized carbons (Fsp3) is 0.857. The van der Waals surface area contributed by atoms with Crippen molar-refractivity contribution in [3.8, 4) is 0 Å². The normalized spacial score (nSPS) is 12.5. The zero-order valence-corrected chi connectivity index (χ0v) is 13.3. The van der Waals surface area contributed by atoms with Crippen molar-refractivity contribution in [1.29, 1.82) is 0 Å². The zero-order valence-electron chi connectivity index (χ0n) is 13.3. The Balaban J connectivity index is 2.70. The monoisotopic (exact) mass is 268 g/mol. The maximum atomic E-state index is 5.74. The highest BCUT2D eigenvalue weighted by Crippen LogP contribution is 2.17. The van der Waals surface area contributed by atoms with Gasteiger partial charge in [0.05, 0.1) is 6.54 Å². The van der Waals surface area contributed by atoms with Gasteiger partial charge in [-0.15, -0.1) is 5.10 Å². The van der Waals surface area contributed by atoms with E-state index in [0.717, 1.165) is 6.54 Å². The van der Waals surface area contributed by atoms with Gasteiger partial charge in [-0.3, -0.25) is 0 Å². The topological polar surface area (TPSA) is 54.2 Å². The molecule has 19 heavy (non-hydrogen) atoms. The molecule has 0 unspecified atom stereocenters. The van der Waals surface area contributed by atoms with Crippen molar-refractivity contribution in [2.24, 2.45) is 5.92 Å². The first kappa shape index (κ1) is 16.0. The molecule has 0 radical (unpaired) electrons. The van der Waals surface area contributed by atoms with Gasteiger partial charge in [0.2, 0.25) is 5.89 Å². The van der Waals surface area contributed by atoms with E-state index < -0.39 is 0 Å². The molecule has 5 heteroatoms. The first-order valence-electron chi connectivity index (χ1n) is 7.03. The molecule has 0 spiro atoms. The summed E-state index contributed by atoms with van der Waals surface area (Å²) >= 11 is 0. The second-order valence-electron chi connectivity index (χ2n) is 6.72. The first-order chi connectivity index (χ1) is 8.69. The number of nitrogens with one attached hydrogen (secondary N) is 1. The van der Waals surface area contributed by atoms with Gasteiger partial charge in [-0.1, -0.05) is 18.9 Å². The predicted octanol–water partition coefficient (Wildman–Crippen LogP) is 2.83. The molecular formula is C14H28N4O. The third-order valence-corrected chi connectivity index (χ3v) is 2.66. The number of anilines is 1. The Morgan fingerprint density at radius 3 is 2.26 bits per heavy atom. The van der Waals surface area contributed by atoms with E-state index in [1.165, 1.54) is 0 Å². The molecule has 0 saturated heterocycles. The molecule has 0 fully saturated rings. The summed E-state index contributed by atoms with van der Waals surface area (Å²) in [6.07, 6.45) is 0. The summed E-state index contributed by atoms with van der Waals surface area (Å²) in [5.74, 6) is 1.20. The van der Waals surface area contributed by atoms with E-state index in [9.17, 15) is 0 Å². The molecule has 0 saturated carbocycles. The van der Waals surface area contributed by atoms with Crippen LogP contribution in [0.15, 0.2) is 4.42 Å². The van der Waals surface area contributed by atoms with Crippen LogP contribution in [0.4, 0.5) is 6.01 Å². The highest BCUT2D eigenvalue weighted by Gasteiger charge is 2.19. The van der Waals surface area contributed by atoms with Crippen molar-refractivity contribution in [2.45, 2.75) is 66.6 Å². The molecule has 1 aromatic heterocycles. The van der Waals surface area contributed by atoms with Crippen LogP contribution in [-0.2, 0) is 6.54 Å². The van der Waals surface area contributed by atoms with Crippen molar-refractivity contribution < 1.29 is 4.42 Å². The lowest BCUT2D eigenvalue weighted by Crippen LogP contribution is -2.35. The largest absolute Gasteiger partial charge is 0.407 e. The molecule has 0 aliphatic heterocycles. The predicted molar refractivity (Wildman–Crippen MR) is 78.2 cm³/mol. The van der Waals surface area contributed by atoms with Gasteiger partial charge in [0.15, 0.2) is 0 Å². The maximum Gasteiger partial charge on any atom is 0.318 e. The minimum atomic E-state index is 0.0459. The van der Waals surface area contributed by atoms with Gasteiger partial charge in [0.25, 0.3) is 0 Å². The van der Waals surface area contributed by atoms with Crippen molar-refractivity contribution in [2.75, 3.05) is 11.4 Å². The summed E-state index contributed by atoms with van der Waals surface area (Å²) in [5, 5.41) is 11.6. The molecule has 0 aliphatic rings. The van der Waals surface area contributed by atoms with Gasteiger partial charge in [-0.05, 0) is 40.5 Å². The van der Waals surface area contributed by atoms with Crippen LogP contribution >= 0.6 is 0 Å². The smallest absolute Gasteiger partial charge is 0.318 e. The quantitative estimate of drug-likeness (QED) is 0.859. The third-order valence-electron chi connectivity index (χ3n) is 2.66. The SMILES string of the molecule is CC(C)CN(c1nnc(CNC(C)(C)C)o1)C(C)C. The molecule has 1 aromatic rings. The second kappa shape index (κ2) is 6.37. The molecule has 5 nitrogen and oxygen atoms in total. The van der Waals surface area contributed by atoms with Crippen LogP contribution in [-0.4, -0.2) is 28.3 Å². The van der Waals surface area contributed by atoms with Crippen molar-refractivity contribution in [3.63, 3.8) is 0 Å². The molecule has 0 atom stereocenters. The van der Waals surface area contributed by atoms with E-state index in [1.807, 2.05) is 0 Å². The van der Waals surface area contributed by atoms with E-state index >= 15 is 0 Å². The molecular weight excluding hydrogens is 240 g/mol. The van der Waals surface area contributed by atoms with E-state index in [2.05, 4.69) is 68.9 Å². The van der Waals surface area contributed by atoms with Gasteiger partial charge >= 0.3 is 6.01 Å². The zero-order chi connectivity index (χ0) is 14.6. The Bertz CT molecular complexity index is 379. The van der Waals surface area contributed by atoms with Crippen LogP contribution in [0.2, 0.25) is 0 Å². The molecule has 110 valence electrons. The molecule has 0 aliphatic carbocycles. The molecule has 0 bridgehead atoms. The van der Waals surface area contributed by atoms with Crippen LogP contribution in [0.25, 0.3) is 0 Å². The summed E-state index contributed by atoms with van der Waals surface area (Å²) < 4.78 is 5.74. The number of nitrogens with zero attached hydrogens (tertiary/aromatic N) is 3. The van der Waals surface area contributed by atoms with Crippen LogP contribution < -0.4 is 10.2 Å². The van der Waals surface area contributed by atoms with Gasteiger partial charge in [-0.25, -0.2) is 0 Å². The molecule has 1 N–H and O–H groups in total. The average Bonchev–Trinajstić information content (AvgIpc) is 2.70. The van der Waals surface area contributed by atoms with Gasteiger partial charge in [-0.2, -0.15) is 0 Å². The fourth-order valence-electron chi connectivity index (χ4n) is 1.68. The summed E-state index contributed by atoms with van der Waals surface area (Å²) in [5.41, 5.74) is 0.0459. The lowest BCUT2D eigenvalue weighted by Gasteiger charge is -2.26. The van der Waals surface area contributed by atoms with E-state index in [4.69, 9.17) is 4.42 Å². The summed E-state index contributed by atoms with van der Waals surface area (Å²) in [6.45, 7) is 16.5. The Labute approximate surface area is 116 Å². The fourth-order valence-corrected chi connectivity index (χ4v) is 1.68. The van der Waals surface area contributed by atoms with Crippen molar-refractivity contribution >= 4 is 6.01 Å². The van der Waals surface area contributed by atoms with Gasteiger partial charge in [0, 0.05) is 18.1 Å². The average molecular weight is 268 g/mol. The molecule has 0 amide bonds.